The molecular formula is C9H11N3O4. The maximum Gasteiger partial charge on any atom is 0.332 e. The first-order chi connectivity index (χ1) is 7.52. The summed E-state index contributed by atoms with van der Waals surface area (Å²) in [6.45, 7) is 0.209. The quantitative estimate of drug-likeness (QED) is 0.518. The number of rotatable bonds is 1. The molecule has 1 saturated heterocycles. The van der Waals surface area contributed by atoms with Crippen LogP contribution in [-0.2, 0) is 14.4 Å². The minimum atomic E-state index is -1.18. The Balaban J connectivity index is 2.37. The van der Waals surface area contributed by atoms with Gasteiger partial charge in [0.15, 0.2) is 6.04 Å². The highest BCUT2D eigenvalue weighted by Gasteiger charge is 2.43. The van der Waals surface area contributed by atoms with E-state index >= 15 is 0 Å². The van der Waals surface area contributed by atoms with Gasteiger partial charge in [0.25, 0.3) is 5.91 Å². The van der Waals surface area contributed by atoms with Crippen LogP contribution in [0.2, 0.25) is 0 Å². The first-order valence-electron chi connectivity index (χ1n) is 4.81. The Morgan fingerprint density at radius 1 is 1.50 bits per heavy atom. The summed E-state index contributed by atoms with van der Waals surface area (Å²) in [7, 11) is 0. The predicted octanol–water partition coefficient (Wildman–Crippen LogP) is -1.69. The van der Waals surface area contributed by atoms with Crippen molar-refractivity contribution in [1.29, 1.82) is 0 Å². The third-order valence-corrected chi connectivity index (χ3v) is 2.60. The highest BCUT2D eigenvalue weighted by molar-refractivity contribution is 5.96. The minimum absolute atomic E-state index is 0.0739. The van der Waals surface area contributed by atoms with Crippen LogP contribution >= 0.6 is 0 Å². The van der Waals surface area contributed by atoms with Crippen LogP contribution in [0.5, 0.6) is 0 Å². The summed E-state index contributed by atoms with van der Waals surface area (Å²) in [6, 6.07) is -2.09. The van der Waals surface area contributed by atoms with Crippen LogP contribution in [0, 0.1) is 0 Å². The number of carbonyl (C=O) groups excluding carboxylic acids is 2. The van der Waals surface area contributed by atoms with E-state index in [0.29, 0.717) is 0 Å². The fraction of sp³-hybridized carbons (Fsp3) is 0.444. The van der Waals surface area contributed by atoms with Gasteiger partial charge >= 0.3 is 5.97 Å². The molecule has 0 aromatic rings. The Hall–Kier alpha value is -1.89. The van der Waals surface area contributed by atoms with Crippen molar-refractivity contribution in [3.63, 3.8) is 0 Å². The Morgan fingerprint density at radius 2 is 2.19 bits per heavy atom. The molecule has 7 nitrogen and oxygen atoms in total. The van der Waals surface area contributed by atoms with Crippen LogP contribution in [0.25, 0.3) is 0 Å². The maximum absolute atomic E-state index is 11.7. The third kappa shape index (κ3) is 1.45. The lowest BCUT2D eigenvalue weighted by Gasteiger charge is -2.43. The molecule has 2 atom stereocenters. The van der Waals surface area contributed by atoms with E-state index in [1.807, 2.05) is 0 Å². The number of amides is 2. The van der Waals surface area contributed by atoms with Gasteiger partial charge in [-0.05, 0) is 0 Å². The summed E-state index contributed by atoms with van der Waals surface area (Å²) >= 11 is 0. The average molecular weight is 225 g/mol. The van der Waals surface area contributed by atoms with Gasteiger partial charge in [0.2, 0.25) is 5.91 Å². The number of carboxylic acid groups (broad SMARTS) is 1. The van der Waals surface area contributed by atoms with Gasteiger partial charge in [-0.15, -0.1) is 0 Å². The molecule has 7 heteroatoms. The lowest BCUT2D eigenvalue weighted by Crippen LogP contribution is -2.66. The molecule has 16 heavy (non-hydrogen) atoms. The average Bonchev–Trinajstić information content (AvgIpc) is 2.25. The Bertz CT molecular complexity index is 392. The molecule has 0 aliphatic carbocycles. The van der Waals surface area contributed by atoms with Crippen molar-refractivity contribution >= 4 is 17.8 Å². The number of hydrogen-bond donors (Lipinski definition) is 2. The summed E-state index contributed by atoms with van der Waals surface area (Å²) in [5.74, 6) is -2.05. The van der Waals surface area contributed by atoms with Crippen LogP contribution < -0.4 is 5.73 Å². The van der Waals surface area contributed by atoms with Gasteiger partial charge in [0, 0.05) is 0 Å². The van der Waals surface area contributed by atoms with E-state index < -0.39 is 24.0 Å². The summed E-state index contributed by atoms with van der Waals surface area (Å²) in [6.07, 6.45) is 2.86. The van der Waals surface area contributed by atoms with Crippen LogP contribution in [0.15, 0.2) is 12.2 Å². The predicted molar refractivity (Wildman–Crippen MR) is 51.7 cm³/mol. The number of carboxylic acids is 1. The number of hydrogen-bond acceptors (Lipinski definition) is 4. The molecule has 0 spiro atoms. The number of fused-ring (bicyclic) bond motifs is 1. The highest BCUT2D eigenvalue weighted by Crippen LogP contribution is 2.20. The van der Waals surface area contributed by atoms with Gasteiger partial charge in [-0.2, -0.15) is 0 Å². The van der Waals surface area contributed by atoms with Crippen molar-refractivity contribution in [3.8, 4) is 0 Å². The molecule has 1 fully saturated rings. The van der Waals surface area contributed by atoms with E-state index in [1.165, 1.54) is 6.08 Å². The highest BCUT2D eigenvalue weighted by atomic mass is 16.4. The molecule has 2 aliphatic heterocycles. The molecule has 2 rings (SSSR count). The molecule has 86 valence electrons. The van der Waals surface area contributed by atoms with Crippen molar-refractivity contribution in [2.45, 2.75) is 18.5 Å². The van der Waals surface area contributed by atoms with E-state index in [1.54, 1.807) is 6.08 Å². The zero-order valence-corrected chi connectivity index (χ0v) is 8.37. The minimum Gasteiger partial charge on any atom is -0.479 e. The SMILES string of the molecule is NC1CC(=O)N2CC=CC(C(=O)O)N2C1=O. The van der Waals surface area contributed by atoms with E-state index in [-0.39, 0.29) is 18.9 Å². The Labute approximate surface area is 91.1 Å². The van der Waals surface area contributed by atoms with E-state index in [2.05, 4.69) is 0 Å². The lowest BCUT2D eigenvalue weighted by atomic mass is 10.1. The lowest BCUT2D eigenvalue weighted by molar-refractivity contribution is -0.181. The number of nitrogens with two attached hydrogens (primary N) is 1. The summed E-state index contributed by atoms with van der Waals surface area (Å²) in [5, 5.41) is 11.0. The van der Waals surface area contributed by atoms with Gasteiger partial charge in [-0.25, -0.2) is 14.8 Å². The molecule has 2 aliphatic rings. The topological polar surface area (TPSA) is 104 Å². The number of nitrogens with zero attached hydrogens (tertiary/aromatic N) is 2. The zero-order valence-electron chi connectivity index (χ0n) is 8.37. The van der Waals surface area contributed by atoms with Gasteiger partial charge in [-0.3, -0.25) is 9.59 Å². The van der Waals surface area contributed by atoms with Crippen molar-refractivity contribution in [1.82, 2.24) is 10.0 Å². The number of aliphatic carboxylic acids is 1. The fourth-order valence-electron chi connectivity index (χ4n) is 1.82. The van der Waals surface area contributed by atoms with Crippen LogP contribution in [0.4, 0.5) is 0 Å². The first kappa shape index (κ1) is 10.6. The standard InChI is InChI=1S/C9H11N3O4/c10-5-4-7(13)11-3-1-2-6(9(15)16)12(11)8(5)14/h1-2,5-6H,3-4,10H2,(H,15,16). The Morgan fingerprint density at radius 3 is 2.81 bits per heavy atom. The van der Waals surface area contributed by atoms with E-state index in [4.69, 9.17) is 10.8 Å². The molecule has 2 unspecified atom stereocenters. The largest absolute Gasteiger partial charge is 0.479 e. The summed E-state index contributed by atoms with van der Waals surface area (Å²) in [4.78, 5) is 34.3. The smallest absolute Gasteiger partial charge is 0.332 e. The van der Waals surface area contributed by atoms with Crippen molar-refractivity contribution in [2.75, 3.05) is 6.54 Å². The summed E-state index contributed by atoms with van der Waals surface area (Å²) in [5.41, 5.74) is 5.48. The molecule has 0 radical (unpaired) electrons. The second kappa shape index (κ2) is 3.60. The van der Waals surface area contributed by atoms with E-state index in [9.17, 15) is 14.4 Å². The van der Waals surface area contributed by atoms with Gasteiger partial charge in [-0.1, -0.05) is 12.2 Å². The fourth-order valence-corrected chi connectivity index (χ4v) is 1.82. The Kier molecular flexibility index (Phi) is 2.39. The van der Waals surface area contributed by atoms with Gasteiger partial charge in [0.1, 0.15) is 0 Å². The van der Waals surface area contributed by atoms with Crippen LogP contribution in [0.1, 0.15) is 6.42 Å². The molecule has 2 amide bonds. The second-order valence-electron chi connectivity index (χ2n) is 3.68. The second-order valence-corrected chi connectivity index (χ2v) is 3.68. The van der Waals surface area contributed by atoms with Crippen molar-refractivity contribution < 1.29 is 19.5 Å². The third-order valence-electron chi connectivity index (χ3n) is 2.60. The molecular weight excluding hydrogens is 214 g/mol. The zero-order chi connectivity index (χ0) is 11.9. The van der Waals surface area contributed by atoms with Gasteiger partial charge in [0.05, 0.1) is 19.0 Å². The first-order valence-corrected chi connectivity index (χ1v) is 4.81. The van der Waals surface area contributed by atoms with Crippen molar-refractivity contribution in [2.24, 2.45) is 5.73 Å². The molecule has 0 aromatic heterocycles. The maximum atomic E-state index is 11.7. The van der Waals surface area contributed by atoms with Crippen LogP contribution in [-0.4, -0.2) is 51.5 Å². The van der Waals surface area contributed by atoms with Crippen molar-refractivity contribution in [3.05, 3.63) is 12.2 Å². The monoisotopic (exact) mass is 225 g/mol. The van der Waals surface area contributed by atoms with E-state index in [0.717, 1.165) is 10.0 Å². The van der Waals surface area contributed by atoms with Crippen LogP contribution in [0.3, 0.4) is 0 Å². The molecule has 0 saturated carbocycles. The molecule has 0 bridgehead atoms. The summed E-state index contributed by atoms with van der Waals surface area (Å²) < 4.78 is 0. The van der Waals surface area contributed by atoms with Gasteiger partial charge < -0.3 is 10.8 Å². The molecule has 0 aromatic carbocycles. The normalized spacial score (nSPS) is 29.3. The number of hydrazine groups is 1. The number of carbonyl (C=O) groups is 3. The molecule has 2 heterocycles. The molecule has 3 N–H and O–H groups in total.